The number of carbonyl (C=O) groups is 2. The summed E-state index contributed by atoms with van der Waals surface area (Å²) >= 11 is 0. The number of hydrogen-bond acceptors (Lipinski definition) is 8. The molecule has 1 N–H and O–H groups in total. The summed E-state index contributed by atoms with van der Waals surface area (Å²) in [5.41, 5.74) is 5.30. The minimum atomic E-state index is -0.410. The fraction of sp³-hybridized carbons (Fsp3) is 0.296. The lowest BCUT2D eigenvalue weighted by Crippen LogP contribution is -2.29. The molecule has 0 saturated carbocycles. The number of anilines is 1. The highest BCUT2D eigenvalue weighted by Crippen LogP contribution is 2.50. The van der Waals surface area contributed by atoms with Gasteiger partial charge in [-0.25, -0.2) is 4.79 Å². The third kappa shape index (κ3) is 3.84. The topological polar surface area (TPSA) is 99.9 Å². The zero-order valence-corrected chi connectivity index (χ0v) is 20.0. The van der Waals surface area contributed by atoms with E-state index in [0.717, 1.165) is 28.1 Å². The summed E-state index contributed by atoms with van der Waals surface area (Å²) in [5, 5.41) is 7.50. The largest absolute Gasteiger partial charge is 0.497 e. The molecule has 0 amide bonds. The predicted octanol–water partition coefficient (Wildman–Crippen LogP) is 4.75. The Bertz CT molecular complexity index is 1340. The number of Topliss-reactive ketones (excluding diaryl/α,β-unsaturated/α-hetero) is 1. The molecule has 0 bridgehead atoms. The summed E-state index contributed by atoms with van der Waals surface area (Å²) in [4.78, 5) is 25.6. The van der Waals surface area contributed by atoms with Gasteiger partial charge in [0, 0.05) is 35.1 Å². The standard InChI is InChI=1S/C27H26N2O6/c1-14-23-24(15-5-7-16(8-6-15)27(31)34-4)25-20(28-26(23)35-29-14)11-17(12-21(25)30)19-13-18(32-2)9-10-22(19)33-3/h5-10,13,17,24,28H,11-12H2,1-4H3/t17-,24-/m0/s1. The van der Waals surface area contributed by atoms with Crippen molar-refractivity contribution in [2.75, 3.05) is 26.6 Å². The van der Waals surface area contributed by atoms with E-state index in [4.69, 9.17) is 18.7 Å². The Balaban J connectivity index is 1.58. The number of benzene rings is 2. The molecule has 0 saturated heterocycles. The third-order valence-electron chi connectivity index (χ3n) is 6.80. The number of nitrogens with zero attached hydrogens (tertiary/aromatic N) is 1. The summed E-state index contributed by atoms with van der Waals surface area (Å²) < 4.78 is 21.4. The molecule has 1 aliphatic heterocycles. The van der Waals surface area contributed by atoms with Gasteiger partial charge in [-0.05, 0) is 49.2 Å². The smallest absolute Gasteiger partial charge is 0.337 e. The number of ketones is 1. The molecule has 0 unspecified atom stereocenters. The van der Waals surface area contributed by atoms with Gasteiger partial charge in [-0.3, -0.25) is 4.79 Å². The van der Waals surface area contributed by atoms with Gasteiger partial charge >= 0.3 is 5.97 Å². The molecule has 2 aromatic carbocycles. The van der Waals surface area contributed by atoms with E-state index < -0.39 is 5.97 Å². The van der Waals surface area contributed by atoms with Crippen LogP contribution in [0.15, 0.2) is 58.3 Å². The first-order chi connectivity index (χ1) is 16.9. The molecule has 2 atom stereocenters. The van der Waals surface area contributed by atoms with Crippen molar-refractivity contribution in [3.63, 3.8) is 0 Å². The number of aryl methyl sites for hydroxylation is 1. The first-order valence-corrected chi connectivity index (χ1v) is 11.3. The lowest BCUT2D eigenvalue weighted by Gasteiger charge is -2.35. The number of esters is 1. The van der Waals surface area contributed by atoms with Crippen LogP contribution < -0.4 is 14.8 Å². The second kappa shape index (κ2) is 8.94. The Morgan fingerprint density at radius 3 is 2.51 bits per heavy atom. The average molecular weight is 475 g/mol. The van der Waals surface area contributed by atoms with Crippen LogP contribution in [0.2, 0.25) is 0 Å². The number of rotatable bonds is 5. The van der Waals surface area contributed by atoms with Crippen molar-refractivity contribution >= 4 is 17.6 Å². The molecule has 2 aliphatic rings. The Hall–Kier alpha value is -4.07. The van der Waals surface area contributed by atoms with E-state index in [9.17, 15) is 9.59 Å². The van der Waals surface area contributed by atoms with E-state index >= 15 is 0 Å². The predicted molar refractivity (Wildman–Crippen MR) is 128 cm³/mol. The molecule has 3 aromatic rings. The summed E-state index contributed by atoms with van der Waals surface area (Å²) in [7, 11) is 4.59. The SMILES string of the molecule is COC(=O)c1ccc([C@@H]2C3=C(C[C@H](c4cc(OC)ccc4OC)CC3=O)Nc3onc(C)c32)cc1. The molecule has 0 spiro atoms. The van der Waals surface area contributed by atoms with Crippen molar-refractivity contribution in [3.05, 3.63) is 81.7 Å². The lowest BCUT2D eigenvalue weighted by atomic mass is 9.72. The van der Waals surface area contributed by atoms with Crippen LogP contribution in [0.1, 0.15) is 57.4 Å². The van der Waals surface area contributed by atoms with Crippen molar-refractivity contribution in [2.45, 2.75) is 31.6 Å². The van der Waals surface area contributed by atoms with Gasteiger partial charge in [-0.1, -0.05) is 17.3 Å². The number of methoxy groups -OCH3 is 3. The maximum atomic E-state index is 13.7. The van der Waals surface area contributed by atoms with Gasteiger partial charge in [0.25, 0.3) is 0 Å². The Kier molecular flexibility index (Phi) is 5.80. The van der Waals surface area contributed by atoms with Gasteiger partial charge in [0.05, 0.1) is 38.2 Å². The quantitative estimate of drug-likeness (QED) is 0.529. The highest BCUT2D eigenvalue weighted by Gasteiger charge is 2.41. The fourth-order valence-electron chi connectivity index (χ4n) is 5.11. The van der Waals surface area contributed by atoms with E-state index in [1.165, 1.54) is 7.11 Å². The number of ether oxygens (including phenoxy) is 3. The number of aromatic nitrogens is 1. The second-order valence-corrected chi connectivity index (χ2v) is 8.71. The van der Waals surface area contributed by atoms with Crippen molar-refractivity contribution < 1.29 is 28.3 Å². The molecular weight excluding hydrogens is 448 g/mol. The van der Waals surface area contributed by atoms with Gasteiger partial charge in [0.15, 0.2) is 5.78 Å². The fourth-order valence-corrected chi connectivity index (χ4v) is 5.11. The number of carbonyl (C=O) groups excluding carboxylic acids is 2. The van der Waals surface area contributed by atoms with Crippen LogP contribution in [-0.2, 0) is 9.53 Å². The first-order valence-electron chi connectivity index (χ1n) is 11.3. The zero-order valence-electron chi connectivity index (χ0n) is 20.0. The molecule has 1 aliphatic carbocycles. The number of hydrogen-bond donors (Lipinski definition) is 1. The molecule has 1 aromatic heterocycles. The van der Waals surface area contributed by atoms with Crippen molar-refractivity contribution in [1.82, 2.24) is 5.16 Å². The monoisotopic (exact) mass is 474 g/mol. The molecule has 180 valence electrons. The van der Waals surface area contributed by atoms with Crippen molar-refractivity contribution in [3.8, 4) is 11.5 Å². The Morgan fingerprint density at radius 2 is 1.83 bits per heavy atom. The molecule has 2 heterocycles. The molecule has 35 heavy (non-hydrogen) atoms. The van der Waals surface area contributed by atoms with Gasteiger partial charge in [0.2, 0.25) is 5.88 Å². The van der Waals surface area contributed by atoms with E-state index in [2.05, 4.69) is 10.5 Å². The molecule has 5 rings (SSSR count). The maximum absolute atomic E-state index is 13.7. The molecule has 8 nitrogen and oxygen atoms in total. The van der Waals surface area contributed by atoms with Gasteiger partial charge in [-0.2, -0.15) is 0 Å². The summed E-state index contributed by atoms with van der Waals surface area (Å²) in [6.07, 6.45) is 0.932. The minimum absolute atomic E-state index is 0.0434. The van der Waals surface area contributed by atoms with Gasteiger partial charge in [0.1, 0.15) is 11.5 Å². The van der Waals surface area contributed by atoms with Gasteiger partial charge < -0.3 is 24.1 Å². The minimum Gasteiger partial charge on any atom is -0.497 e. The number of nitrogens with one attached hydrogen (secondary N) is 1. The van der Waals surface area contributed by atoms with Crippen molar-refractivity contribution in [2.24, 2.45) is 0 Å². The first kappa shape index (κ1) is 22.7. The summed E-state index contributed by atoms with van der Waals surface area (Å²) in [6, 6.07) is 12.8. The molecular formula is C27H26N2O6. The normalized spacial score (nSPS) is 18.9. The zero-order chi connectivity index (χ0) is 24.7. The van der Waals surface area contributed by atoms with E-state index in [-0.39, 0.29) is 17.6 Å². The Morgan fingerprint density at radius 1 is 1.06 bits per heavy atom. The molecule has 0 fully saturated rings. The average Bonchev–Trinajstić information content (AvgIpc) is 3.26. The van der Waals surface area contributed by atoms with Crippen LogP contribution in [0.3, 0.4) is 0 Å². The van der Waals surface area contributed by atoms with Crippen LogP contribution in [0.5, 0.6) is 11.5 Å². The lowest BCUT2D eigenvalue weighted by molar-refractivity contribution is -0.116. The van der Waals surface area contributed by atoms with E-state index in [0.29, 0.717) is 41.3 Å². The Labute approximate surface area is 202 Å². The van der Waals surface area contributed by atoms with Crippen LogP contribution in [0.25, 0.3) is 0 Å². The van der Waals surface area contributed by atoms with Crippen LogP contribution in [0, 0.1) is 6.92 Å². The van der Waals surface area contributed by atoms with E-state index in [1.807, 2.05) is 37.3 Å². The molecule has 0 radical (unpaired) electrons. The molecule has 8 heteroatoms. The second-order valence-electron chi connectivity index (χ2n) is 8.71. The maximum Gasteiger partial charge on any atom is 0.337 e. The van der Waals surface area contributed by atoms with Crippen LogP contribution in [-0.4, -0.2) is 38.2 Å². The van der Waals surface area contributed by atoms with Crippen molar-refractivity contribution in [1.29, 1.82) is 0 Å². The van der Waals surface area contributed by atoms with Gasteiger partial charge in [-0.15, -0.1) is 0 Å². The van der Waals surface area contributed by atoms with E-state index in [1.54, 1.807) is 26.4 Å². The third-order valence-corrected chi connectivity index (χ3v) is 6.80. The number of allylic oxidation sites excluding steroid dienone is 2. The number of fused-ring (bicyclic) bond motifs is 1. The highest BCUT2D eigenvalue weighted by atomic mass is 16.5. The summed E-state index contributed by atoms with van der Waals surface area (Å²) in [6.45, 7) is 1.86. The van der Waals surface area contributed by atoms with Crippen LogP contribution in [0.4, 0.5) is 5.88 Å². The summed E-state index contributed by atoms with van der Waals surface area (Å²) in [5.74, 6) is 1.16. The highest BCUT2D eigenvalue weighted by molar-refractivity contribution is 6.01. The van der Waals surface area contributed by atoms with Crippen LogP contribution >= 0.6 is 0 Å².